The van der Waals surface area contributed by atoms with E-state index in [0.717, 1.165) is 37.7 Å². The van der Waals surface area contributed by atoms with Gasteiger partial charge in [0, 0.05) is 12.6 Å². The molecular weight excluding hydrogens is 202 g/mol. The summed E-state index contributed by atoms with van der Waals surface area (Å²) in [7, 11) is 0. The molecule has 0 saturated heterocycles. The molecule has 0 radical (unpaired) electrons. The maximum absolute atomic E-state index is 8.80. The highest BCUT2D eigenvalue weighted by atomic mass is 16.3. The second kappa shape index (κ2) is 5.51. The number of unbranched alkanes of at least 4 members (excludes halogenated alkanes) is 1. The summed E-state index contributed by atoms with van der Waals surface area (Å²) in [6.07, 6.45) is 6.38. The van der Waals surface area contributed by atoms with Gasteiger partial charge < -0.3 is 9.52 Å². The SMILES string of the molecule is Cc1ccoc1CN(CCCCO)C1CC1. The van der Waals surface area contributed by atoms with Gasteiger partial charge in [0.05, 0.1) is 12.8 Å². The highest BCUT2D eigenvalue weighted by Crippen LogP contribution is 2.29. The minimum absolute atomic E-state index is 0.304. The molecule has 1 aliphatic rings. The fourth-order valence-electron chi connectivity index (χ4n) is 2.01. The Hall–Kier alpha value is -0.800. The number of hydrogen-bond donors (Lipinski definition) is 1. The van der Waals surface area contributed by atoms with E-state index >= 15 is 0 Å². The second-order valence-electron chi connectivity index (χ2n) is 4.66. The van der Waals surface area contributed by atoms with Crippen LogP contribution in [0.15, 0.2) is 16.7 Å². The first-order valence-electron chi connectivity index (χ1n) is 6.19. The van der Waals surface area contributed by atoms with E-state index in [0.29, 0.717) is 6.61 Å². The van der Waals surface area contributed by atoms with Crippen molar-refractivity contribution in [1.29, 1.82) is 0 Å². The van der Waals surface area contributed by atoms with Crippen molar-refractivity contribution in [1.82, 2.24) is 4.90 Å². The third-order valence-electron chi connectivity index (χ3n) is 3.23. The van der Waals surface area contributed by atoms with Gasteiger partial charge in [0.15, 0.2) is 0 Å². The molecule has 1 N–H and O–H groups in total. The van der Waals surface area contributed by atoms with Crippen molar-refractivity contribution >= 4 is 0 Å². The highest BCUT2D eigenvalue weighted by molar-refractivity contribution is 5.14. The molecule has 16 heavy (non-hydrogen) atoms. The van der Waals surface area contributed by atoms with Crippen molar-refractivity contribution in [3.8, 4) is 0 Å². The molecule has 90 valence electrons. The van der Waals surface area contributed by atoms with E-state index in [9.17, 15) is 0 Å². The third-order valence-corrected chi connectivity index (χ3v) is 3.23. The minimum atomic E-state index is 0.304. The third kappa shape index (κ3) is 3.09. The van der Waals surface area contributed by atoms with Gasteiger partial charge >= 0.3 is 0 Å². The Morgan fingerprint density at radius 2 is 2.25 bits per heavy atom. The highest BCUT2D eigenvalue weighted by Gasteiger charge is 2.29. The molecule has 0 atom stereocenters. The van der Waals surface area contributed by atoms with Crippen LogP contribution in [0.2, 0.25) is 0 Å². The van der Waals surface area contributed by atoms with Gasteiger partial charge in [-0.3, -0.25) is 4.90 Å². The van der Waals surface area contributed by atoms with Crippen molar-refractivity contribution in [2.24, 2.45) is 0 Å². The summed E-state index contributed by atoms with van der Waals surface area (Å²) >= 11 is 0. The molecule has 3 heteroatoms. The summed E-state index contributed by atoms with van der Waals surface area (Å²) in [5.41, 5.74) is 1.24. The number of aliphatic hydroxyl groups excluding tert-OH is 1. The number of nitrogens with zero attached hydrogens (tertiary/aromatic N) is 1. The number of aryl methyl sites for hydroxylation is 1. The molecule has 0 aromatic carbocycles. The molecule has 1 aromatic heterocycles. The Morgan fingerprint density at radius 3 is 2.81 bits per heavy atom. The monoisotopic (exact) mass is 223 g/mol. The summed E-state index contributed by atoms with van der Waals surface area (Å²) in [6.45, 7) is 4.40. The predicted octanol–water partition coefficient (Wildman–Crippen LogP) is 2.32. The first-order chi connectivity index (χ1) is 7.81. The van der Waals surface area contributed by atoms with Gasteiger partial charge in [-0.1, -0.05) is 0 Å². The zero-order chi connectivity index (χ0) is 11.4. The normalized spacial score (nSPS) is 15.9. The first-order valence-corrected chi connectivity index (χ1v) is 6.19. The fourth-order valence-corrected chi connectivity index (χ4v) is 2.01. The van der Waals surface area contributed by atoms with E-state index in [1.165, 1.54) is 18.4 Å². The second-order valence-corrected chi connectivity index (χ2v) is 4.66. The first kappa shape index (κ1) is 11.7. The summed E-state index contributed by atoms with van der Waals surface area (Å²) in [6, 6.07) is 2.77. The van der Waals surface area contributed by atoms with Crippen LogP contribution in [0.4, 0.5) is 0 Å². The lowest BCUT2D eigenvalue weighted by molar-refractivity contribution is 0.214. The summed E-state index contributed by atoms with van der Waals surface area (Å²) in [5, 5.41) is 8.80. The molecule has 2 rings (SSSR count). The Kier molecular flexibility index (Phi) is 4.02. The quantitative estimate of drug-likeness (QED) is 0.721. The molecule has 1 fully saturated rings. The molecule has 1 aliphatic carbocycles. The van der Waals surface area contributed by atoms with Crippen molar-refractivity contribution < 1.29 is 9.52 Å². The van der Waals surface area contributed by atoms with Crippen LogP contribution >= 0.6 is 0 Å². The van der Waals surface area contributed by atoms with Crippen LogP contribution in [0.1, 0.15) is 37.0 Å². The number of furan rings is 1. The Bertz CT molecular complexity index is 317. The van der Waals surface area contributed by atoms with Crippen molar-refractivity contribution in [3.63, 3.8) is 0 Å². The number of hydrogen-bond acceptors (Lipinski definition) is 3. The number of rotatable bonds is 7. The molecule has 0 unspecified atom stereocenters. The standard InChI is InChI=1S/C13H21NO2/c1-11-6-9-16-13(11)10-14(12-4-5-12)7-2-3-8-15/h6,9,12,15H,2-5,7-8,10H2,1H3. The van der Waals surface area contributed by atoms with E-state index < -0.39 is 0 Å². The lowest BCUT2D eigenvalue weighted by Crippen LogP contribution is -2.27. The Labute approximate surface area is 97.1 Å². The average Bonchev–Trinajstić information content (AvgIpc) is 3.04. The van der Waals surface area contributed by atoms with Crippen molar-refractivity contribution in [2.75, 3.05) is 13.2 Å². The fraction of sp³-hybridized carbons (Fsp3) is 0.692. The predicted molar refractivity (Wildman–Crippen MR) is 63.2 cm³/mol. The van der Waals surface area contributed by atoms with Gasteiger partial charge in [0.25, 0.3) is 0 Å². The van der Waals surface area contributed by atoms with Crippen LogP contribution in [-0.2, 0) is 6.54 Å². The molecule has 0 spiro atoms. The minimum Gasteiger partial charge on any atom is -0.468 e. The topological polar surface area (TPSA) is 36.6 Å². The molecule has 3 nitrogen and oxygen atoms in total. The molecular formula is C13H21NO2. The summed E-state index contributed by atoms with van der Waals surface area (Å²) in [5.74, 6) is 1.09. The summed E-state index contributed by atoms with van der Waals surface area (Å²) < 4.78 is 5.49. The van der Waals surface area contributed by atoms with Crippen LogP contribution in [0, 0.1) is 6.92 Å². The van der Waals surface area contributed by atoms with Gasteiger partial charge in [0.2, 0.25) is 0 Å². The van der Waals surface area contributed by atoms with Crippen molar-refractivity contribution in [3.05, 3.63) is 23.7 Å². The smallest absolute Gasteiger partial charge is 0.120 e. The maximum Gasteiger partial charge on any atom is 0.120 e. The van der Waals surface area contributed by atoms with Gasteiger partial charge in [-0.25, -0.2) is 0 Å². The van der Waals surface area contributed by atoms with Gasteiger partial charge in [-0.05, 0) is 50.8 Å². The van der Waals surface area contributed by atoms with E-state index in [4.69, 9.17) is 9.52 Å². The van der Waals surface area contributed by atoms with Gasteiger partial charge in [0.1, 0.15) is 5.76 Å². The van der Waals surface area contributed by atoms with Crippen LogP contribution in [0.5, 0.6) is 0 Å². The van der Waals surface area contributed by atoms with Crippen LogP contribution in [-0.4, -0.2) is 29.2 Å². The molecule has 1 saturated carbocycles. The molecule has 1 aromatic rings. The van der Waals surface area contributed by atoms with Crippen LogP contribution in [0.3, 0.4) is 0 Å². The zero-order valence-electron chi connectivity index (χ0n) is 9.98. The van der Waals surface area contributed by atoms with E-state index in [1.807, 2.05) is 6.07 Å². The largest absolute Gasteiger partial charge is 0.468 e. The van der Waals surface area contributed by atoms with E-state index in [1.54, 1.807) is 6.26 Å². The van der Waals surface area contributed by atoms with Crippen LogP contribution in [0.25, 0.3) is 0 Å². The van der Waals surface area contributed by atoms with Crippen LogP contribution < -0.4 is 0 Å². The molecule has 0 bridgehead atoms. The van der Waals surface area contributed by atoms with Gasteiger partial charge in [-0.15, -0.1) is 0 Å². The number of aliphatic hydroxyl groups is 1. The van der Waals surface area contributed by atoms with Crippen molar-refractivity contribution in [2.45, 2.75) is 45.2 Å². The maximum atomic E-state index is 8.80. The van der Waals surface area contributed by atoms with E-state index in [-0.39, 0.29) is 0 Å². The molecule has 0 amide bonds. The Balaban J connectivity index is 1.85. The lowest BCUT2D eigenvalue weighted by Gasteiger charge is -2.20. The average molecular weight is 223 g/mol. The lowest BCUT2D eigenvalue weighted by atomic mass is 10.2. The van der Waals surface area contributed by atoms with Gasteiger partial charge in [-0.2, -0.15) is 0 Å². The summed E-state index contributed by atoms with van der Waals surface area (Å²) in [4.78, 5) is 2.49. The molecule has 1 heterocycles. The Morgan fingerprint density at radius 1 is 1.44 bits per heavy atom. The zero-order valence-corrected chi connectivity index (χ0v) is 9.98. The molecule has 0 aliphatic heterocycles. The van der Waals surface area contributed by atoms with E-state index in [2.05, 4.69) is 11.8 Å².